The molecule has 1 heterocycles. The number of aliphatic carboxylic acids is 1. The molecule has 0 bridgehead atoms. The van der Waals surface area contributed by atoms with Crippen LogP contribution < -0.4 is 0 Å². The fourth-order valence-electron chi connectivity index (χ4n) is 2.12. The Morgan fingerprint density at radius 3 is 2.47 bits per heavy atom. The number of benzene rings is 1. The van der Waals surface area contributed by atoms with E-state index in [-0.39, 0.29) is 5.56 Å². The van der Waals surface area contributed by atoms with Crippen molar-refractivity contribution in [2.75, 3.05) is 0 Å². The summed E-state index contributed by atoms with van der Waals surface area (Å²) in [7, 11) is 0. The van der Waals surface area contributed by atoms with Gasteiger partial charge in [0.2, 0.25) is 0 Å². The maximum atomic E-state index is 11.6. The lowest BCUT2D eigenvalue weighted by atomic mass is 10.1. The van der Waals surface area contributed by atoms with E-state index < -0.39 is 11.8 Å². The first-order valence-corrected chi connectivity index (χ1v) is 6.02. The molecule has 0 radical (unpaired) electrons. The molecule has 0 aliphatic rings. The summed E-state index contributed by atoms with van der Waals surface area (Å²) in [6.45, 7) is 3.52. The van der Waals surface area contributed by atoms with Gasteiger partial charge in [0.05, 0.1) is 5.56 Å². The largest absolute Gasteiger partial charge is 0.475 e. The summed E-state index contributed by atoms with van der Waals surface area (Å²) in [4.78, 5) is 22.4. The molecule has 0 aliphatic carbocycles. The van der Waals surface area contributed by atoms with Gasteiger partial charge in [0.15, 0.2) is 0 Å². The van der Waals surface area contributed by atoms with Crippen LogP contribution in [0, 0.1) is 13.8 Å². The molecule has 0 atom stereocenters. The molecule has 0 fully saturated rings. The van der Waals surface area contributed by atoms with Gasteiger partial charge < -0.3 is 9.67 Å². The molecule has 19 heavy (non-hydrogen) atoms. The van der Waals surface area contributed by atoms with Crippen molar-refractivity contribution >= 4 is 23.4 Å². The van der Waals surface area contributed by atoms with E-state index >= 15 is 0 Å². The van der Waals surface area contributed by atoms with Crippen molar-refractivity contribution in [2.24, 2.45) is 0 Å². The summed E-state index contributed by atoms with van der Waals surface area (Å²) in [5.74, 6) is -2.35. The van der Waals surface area contributed by atoms with Crippen molar-refractivity contribution < 1.29 is 14.7 Å². The molecule has 0 aliphatic heterocycles. The lowest BCUT2D eigenvalue weighted by Gasteiger charge is -2.09. The van der Waals surface area contributed by atoms with Gasteiger partial charge in [-0.1, -0.05) is 17.7 Å². The highest BCUT2D eigenvalue weighted by Gasteiger charge is 2.21. The van der Waals surface area contributed by atoms with Crippen molar-refractivity contribution in [1.29, 1.82) is 0 Å². The standard InChI is InChI=1S/C14H12ClNO3/c1-8-6-12(13(17)14(18)19)9(2)16(8)11-5-3-4-10(15)7-11/h3-7H,1-2H3,(H,18,19). The Morgan fingerprint density at radius 1 is 1.21 bits per heavy atom. The number of ketones is 1. The van der Waals surface area contributed by atoms with Gasteiger partial charge in [-0.05, 0) is 38.1 Å². The number of hydrogen-bond acceptors (Lipinski definition) is 2. The summed E-state index contributed by atoms with van der Waals surface area (Å²) in [6.07, 6.45) is 0. The summed E-state index contributed by atoms with van der Waals surface area (Å²) >= 11 is 5.94. The number of nitrogens with zero attached hydrogens (tertiary/aromatic N) is 1. The van der Waals surface area contributed by atoms with Crippen molar-refractivity contribution in [3.63, 3.8) is 0 Å². The maximum Gasteiger partial charge on any atom is 0.377 e. The molecule has 0 spiro atoms. The second-order valence-corrected chi connectivity index (χ2v) is 4.67. The molecule has 2 rings (SSSR count). The summed E-state index contributed by atoms with van der Waals surface area (Å²) < 4.78 is 1.81. The highest BCUT2D eigenvalue weighted by Crippen LogP contribution is 2.23. The average molecular weight is 278 g/mol. The maximum absolute atomic E-state index is 11.6. The van der Waals surface area contributed by atoms with Crippen LogP contribution in [-0.4, -0.2) is 21.4 Å². The van der Waals surface area contributed by atoms with Crippen molar-refractivity contribution in [3.05, 3.63) is 52.3 Å². The third-order valence-electron chi connectivity index (χ3n) is 2.94. The highest BCUT2D eigenvalue weighted by atomic mass is 35.5. The van der Waals surface area contributed by atoms with Crippen LogP contribution in [-0.2, 0) is 4.79 Å². The lowest BCUT2D eigenvalue weighted by Crippen LogP contribution is -2.13. The normalized spacial score (nSPS) is 10.5. The minimum atomic E-state index is -1.45. The van der Waals surface area contributed by atoms with Crippen LogP contribution >= 0.6 is 11.6 Å². The van der Waals surface area contributed by atoms with Gasteiger partial charge in [-0.25, -0.2) is 4.79 Å². The summed E-state index contributed by atoms with van der Waals surface area (Å²) in [5, 5.41) is 9.37. The zero-order chi connectivity index (χ0) is 14.2. The average Bonchev–Trinajstić information content (AvgIpc) is 2.63. The van der Waals surface area contributed by atoms with Gasteiger partial charge in [0, 0.05) is 22.1 Å². The third-order valence-corrected chi connectivity index (χ3v) is 3.17. The Kier molecular flexibility index (Phi) is 3.44. The van der Waals surface area contributed by atoms with E-state index in [1.807, 2.05) is 17.6 Å². The highest BCUT2D eigenvalue weighted by molar-refractivity contribution is 6.40. The van der Waals surface area contributed by atoms with Crippen molar-refractivity contribution in [3.8, 4) is 5.69 Å². The van der Waals surface area contributed by atoms with Crippen LogP contribution in [0.15, 0.2) is 30.3 Å². The Morgan fingerprint density at radius 2 is 1.89 bits per heavy atom. The number of carbonyl (C=O) groups excluding carboxylic acids is 1. The third kappa shape index (κ3) is 2.39. The van der Waals surface area contributed by atoms with Crippen LogP contribution in [0.1, 0.15) is 21.7 Å². The number of aryl methyl sites for hydroxylation is 1. The van der Waals surface area contributed by atoms with E-state index in [1.165, 1.54) is 0 Å². The first kappa shape index (κ1) is 13.4. The van der Waals surface area contributed by atoms with Crippen LogP contribution in [0.2, 0.25) is 5.02 Å². The first-order valence-electron chi connectivity index (χ1n) is 5.64. The van der Waals surface area contributed by atoms with Crippen molar-refractivity contribution in [2.45, 2.75) is 13.8 Å². The van der Waals surface area contributed by atoms with Gasteiger partial charge >= 0.3 is 5.97 Å². The second-order valence-electron chi connectivity index (χ2n) is 4.23. The van der Waals surface area contributed by atoms with E-state index in [2.05, 4.69) is 0 Å². The molecule has 1 N–H and O–H groups in total. The topological polar surface area (TPSA) is 59.3 Å². The molecule has 5 heteroatoms. The van der Waals surface area contributed by atoms with Gasteiger partial charge in [-0.15, -0.1) is 0 Å². The molecular formula is C14H12ClNO3. The minimum Gasteiger partial charge on any atom is -0.475 e. The number of Topliss-reactive ketones (excluding diaryl/α,β-unsaturated/α-hetero) is 1. The van der Waals surface area contributed by atoms with Gasteiger partial charge in [-0.2, -0.15) is 0 Å². The van der Waals surface area contributed by atoms with Crippen LogP contribution in [0.3, 0.4) is 0 Å². The van der Waals surface area contributed by atoms with E-state index in [9.17, 15) is 9.59 Å². The molecule has 0 saturated carbocycles. The SMILES string of the molecule is Cc1cc(C(=O)C(=O)O)c(C)n1-c1cccc(Cl)c1. The Balaban J connectivity index is 2.60. The second kappa shape index (κ2) is 4.90. The molecular weight excluding hydrogens is 266 g/mol. The zero-order valence-corrected chi connectivity index (χ0v) is 11.2. The quantitative estimate of drug-likeness (QED) is 0.693. The number of aromatic nitrogens is 1. The number of rotatable bonds is 3. The van der Waals surface area contributed by atoms with E-state index in [4.69, 9.17) is 16.7 Å². The monoisotopic (exact) mass is 277 g/mol. The van der Waals surface area contributed by atoms with Crippen LogP contribution in [0.5, 0.6) is 0 Å². The van der Waals surface area contributed by atoms with Gasteiger partial charge in [0.1, 0.15) is 0 Å². The Hall–Kier alpha value is -2.07. The van der Waals surface area contributed by atoms with E-state index in [0.29, 0.717) is 10.7 Å². The minimum absolute atomic E-state index is 0.199. The fourth-order valence-corrected chi connectivity index (χ4v) is 2.30. The van der Waals surface area contributed by atoms with Gasteiger partial charge in [0.25, 0.3) is 5.78 Å². The molecule has 0 saturated heterocycles. The summed E-state index contributed by atoms with van der Waals surface area (Å²) in [6, 6.07) is 8.74. The van der Waals surface area contributed by atoms with Crippen molar-refractivity contribution in [1.82, 2.24) is 4.57 Å². The molecule has 4 nitrogen and oxygen atoms in total. The molecule has 1 aromatic heterocycles. The molecule has 2 aromatic rings. The predicted molar refractivity (Wildman–Crippen MR) is 72.2 cm³/mol. The molecule has 0 amide bonds. The van der Waals surface area contributed by atoms with Crippen LogP contribution in [0.25, 0.3) is 5.69 Å². The number of carboxylic acids is 1. The number of carboxylic acid groups (broad SMARTS) is 1. The zero-order valence-electron chi connectivity index (χ0n) is 10.5. The molecule has 1 aromatic carbocycles. The summed E-state index contributed by atoms with van der Waals surface area (Å²) in [5.41, 5.74) is 2.37. The van der Waals surface area contributed by atoms with Gasteiger partial charge in [-0.3, -0.25) is 4.79 Å². The molecule has 98 valence electrons. The number of halogens is 1. The Bertz CT molecular complexity index is 673. The van der Waals surface area contributed by atoms with E-state index in [0.717, 1.165) is 11.4 Å². The predicted octanol–water partition coefficient (Wildman–Crippen LogP) is 3.01. The number of hydrogen-bond donors (Lipinski definition) is 1. The lowest BCUT2D eigenvalue weighted by molar-refractivity contribution is -0.131. The molecule has 0 unspecified atom stereocenters. The smallest absolute Gasteiger partial charge is 0.377 e. The van der Waals surface area contributed by atoms with E-state index in [1.54, 1.807) is 31.2 Å². The van der Waals surface area contributed by atoms with Crippen LogP contribution in [0.4, 0.5) is 0 Å². The Labute approximate surface area is 115 Å². The first-order chi connectivity index (χ1) is 8.91. The number of carbonyl (C=O) groups is 2. The fraction of sp³-hybridized carbons (Fsp3) is 0.143.